The molecule has 2 aliphatic carbocycles. The third-order valence-corrected chi connectivity index (χ3v) is 4.64. The van der Waals surface area contributed by atoms with E-state index in [2.05, 4.69) is 10.6 Å². The Balaban J connectivity index is 1.71. The Bertz CT molecular complexity index is 282. The van der Waals surface area contributed by atoms with E-state index in [-0.39, 0.29) is 17.6 Å². The van der Waals surface area contributed by atoms with Crippen molar-refractivity contribution in [1.82, 2.24) is 10.6 Å². The van der Waals surface area contributed by atoms with Crippen LogP contribution in [0.3, 0.4) is 0 Å². The summed E-state index contributed by atoms with van der Waals surface area (Å²) in [4.78, 5) is 12.0. The fourth-order valence-electron chi connectivity index (χ4n) is 3.24. The van der Waals surface area contributed by atoms with Gasteiger partial charge in [0.2, 0.25) is 5.91 Å². The van der Waals surface area contributed by atoms with E-state index in [1.807, 2.05) is 7.05 Å². The van der Waals surface area contributed by atoms with Crippen LogP contribution in [0.25, 0.3) is 0 Å². The van der Waals surface area contributed by atoms with Gasteiger partial charge in [-0.15, -0.1) is 0 Å². The molecule has 2 rings (SSSR count). The lowest BCUT2D eigenvalue weighted by Crippen LogP contribution is -2.49. The summed E-state index contributed by atoms with van der Waals surface area (Å²) in [5, 5.41) is 15.6. The molecular formula is C14H26N2O2. The molecule has 4 heteroatoms. The summed E-state index contributed by atoms with van der Waals surface area (Å²) in [5.41, 5.74) is 0.0292. The number of rotatable bonds is 5. The molecule has 0 aromatic carbocycles. The van der Waals surface area contributed by atoms with Gasteiger partial charge in [-0.2, -0.15) is 0 Å². The summed E-state index contributed by atoms with van der Waals surface area (Å²) in [5.74, 6) is 0.647. The summed E-state index contributed by atoms with van der Waals surface area (Å²) < 4.78 is 0. The number of nitrogens with one attached hydrogen (secondary N) is 2. The minimum atomic E-state index is -0.131. The van der Waals surface area contributed by atoms with Crippen molar-refractivity contribution in [3.63, 3.8) is 0 Å². The number of amides is 1. The largest absolute Gasteiger partial charge is 0.393 e. The fraction of sp³-hybridized carbons (Fsp3) is 0.929. The van der Waals surface area contributed by atoms with Gasteiger partial charge in [-0.25, -0.2) is 0 Å². The highest BCUT2D eigenvalue weighted by Crippen LogP contribution is 2.31. The first-order valence-electron chi connectivity index (χ1n) is 7.27. The van der Waals surface area contributed by atoms with Crippen LogP contribution >= 0.6 is 0 Å². The Labute approximate surface area is 110 Å². The summed E-state index contributed by atoms with van der Waals surface area (Å²) in [7, 11) is 1.97. The van der Waals surface area contributed by atoms with Crippen LogP contribution in [0, 0.1) is 5.92 Å². The molecule has 0 unspecified atom stereocenters. The van der Waals surface area contributed by atoms with Gasteiger partial charge in [-0.1, -0.05) is 19.3 Å². The zero-order chi connectivity index (χ0) is 13.0. The van der Waals surface area contributed by atoms with E-state index in [1.165, 1.54) is 19.3 Å². The van der Waals surface area contributed by atoms with Crippen LogP contribution < -0.4 is 10.6 Å². The van der Waals surface area contributed by atoms with E-state index < -0.39 is 0 Å². The second-order valence-electron chi connectivity index (χ2n) is 6.06. The summed E-state index contributed by atoms with van der Waals surface area (Å²) >= 11 is 0. The summed E-state index contributed by atoms with van der Waals surface area (Å²) in [6.07, 6.45) is 8.12. The molecular weight excluding hydrogens is 228 g/mol. The van der Waals surface area contributed by atoms with Gasteiger partial charge in [0.05, 0.1) is 6.10 Å². The molecule has 0 bridgehead atoms. The zero-order valence-corrected chi connectivity index (χ0v) is 11.4. The minimum absolute atomic E-state index is 0.0292. The molecule has 1 amide bonds. The quantitative estimate of drug-likeness (QED) is 0.690. The molecule has 0 heterocycles. The third-order valence-electron chi connectivity index (χ3n) is 4.64. The molecule has 0 spiro atoms. The monoisotopic (exact) mass is 254 g/mol. The van der Waals surface area contributed by atoms with Gasteiger partial charge in [0.15, 0.2) is 0 Å². The minimum Gasteiger partial charge on any atom is -0.393 e. The van der Waals surface area contributed by atoms with Gasteiger partial charge in [0, 0.05) is 18.5 Å². The predicted octanol–water partition coefficient (Wildman–Crippen LogP) is 1.19. The summed E-state index contributed by atoms with van der Waals surface area (Å²) in [6.45, 7) is 0.732. The first-order chi connectivity index (χ1) is 8.63. The van der Waals surface area contributed by atoms with E-state index >= 15 is 0 Å². The van der Waals surface area contributed by atoms with Crippen molar-refractivity contribution < 1.29 is 9.90 Å². The molecule has 4 nitrogen and oxygen atoms in total. The maximum atomic E-state index is 12.0. The molecule has 0 saturated heterocycles. The average molecular weight is 254 g/mol. The van der Waals surface area contributed by atoms with Crippen LogP contribution in [0.2, 0.25) is 0 Å². The Morgan fingerprint density at radius 2 is 1.94 bits per heavy atom. The highest BCUT2D eigenvalue weighted by Gasteiger charge is 2.33. The normalized spacial score (nSPS) is 30.6. The molecule has 2 saturated carbocycles. The third kappa shape index (κ3) is 3.45. The number of aliphatic hydroxyl groups excluding tert-OH is 1. The van der Waals surface area contributed by atoms with Crippen LogP contribution in [0.5, 0.6) is 0 Å². The van der Waals surface area contributed by atoms with Crippen LogP contribution in [-0.2, 0) is 4.79 Å². The topological polar surface area (TPSA) is 61.4 Å². The molecule has 18 heavy (non-hydrogen) atoms. The number of carbonyl (C=O) groups excluding carboxylic acids is 1. The van der Waals surface area contributed by atoms with E-state index in [0.29, 0.717) is 12.3 Å². The molecule has 0 aromatic rings. The van der Waals surface area contributed by atoms with Gasteiger partial charge in [-0.3, -0.25) is 4.79 Å². The van der Waals surface area contributed by atoms with Crippen LogP contribution in [0.15, 0.2) is 0 Å². The van der Waals surface area contributed by atoms with Crippen molar-refractivity contribution in [3.8, 4) is 0 Å². The first-order valence-corrected chi connectivity index (χ1v) is 7.27. The van der Waals surface area contributed by atoms with Gasteiger partial charge in [0.1, 0.15) is 0 Å². The highest BCUT2D eigenvalue weighted by atomic mass is 16.3. The van der Waals surface area contributed by atoms with Crippen molar-refractivity contribution >= 4 is 5.91 Å². The van der Waals surface area contributed by atoms with Crippen LogP contribution in [-0.4, -0.2) is 36.2 Å². The van der Waals surface area contributed by atoms with Crippen molar-refractivity contribution in [2.24, 2.45) is 5.92 Å². The zero-order valence-electron chi connectivity index (χ0n) is 11.4. The van der Waals surface area contributed by atoms with Crippen molar-refractivity contribution in [2.75, 3.05) is 13.6 Å². The lowest BCUT2D eigenvalue weighted by atomic mass is 9.79. The van der Waals surface area contributed by atoms with E-state index in [4.69, 9.17) is 0 Å². The standard InChI is InChI=1S/C14H26N2O2/c1-15-14(5-3-2-4-6-14)9-13(18)16-10-11-7-12(17)8-11/h11-12,15,17H,2-10H2,1H3,(H,16,18). The van der Waals surface area contributed by atoms with Gasteiger partial charge >= 0.3 is 0 Å². The Kier molecular flexibility index (Phi) is 4.62. The second-order valence-corrected chi connectivity index (χ2v) is 6.06. The Morgan fingerprint density at radius 1 is 1.28 bits per heavy atom. The number of carbonyl (C=O) groups is 1. The fourth-order valence-corrected chi connectivity index (χ4v) is 3.24. The highest BCUT2D eigenvalue weighted by molar-refractivity contribution is 5.77. The molecule has 0 atom stereocenters. The number of aliphatic hydroxyl groups is 1. The SMILES string of the molecule is CNC1(CC(=O)NCC2CC(O)C2)CCCCC1. The van der Waals surface area contributed by atoms with E-state index in [1.54, 1.807) is 0 Å². The van der Waals surface area contributed by atoms with Crippen molar-refractivity contribution in [3.05, 3.63) is 0 Å². The van der Waals surface area contributed by atoms with Gasteiger partial charge in [-0.05, 0) is 38.6 Å². The smallest absolute Gasteiger partial charge is 0.221 e. The molecule has 3 N–H and O–H groups in total. The van der Waals surface area contributed by atoms with Crippen LogP contribution in [0.4, 0.5) is 0 Å². The molecule has 104 valence electrons. The molecule has 2 aliphatic rings. The van der Waals surface area contributed by atoms with Gasteiger partial charge < -0.3 is 15.7 Å². The Morgan fingerprint density at radius 3 is 2.50 bits per heavy atom. The number of hydrogen-bond acceptors (Lipinski definition) is 3. The Hall–Kier alpha value is -0.610. The van der Waals surface area contributed by atoms with E-state index in [9.17, 15) is 9.90 Å². The maximum Gasteiger partial charge on any atom is 0.221 e. The molecule has 0 aromatic heterocycles. The molecule has 0 aliphatic heterocycles. The van der Waals surface area contributed by atoms with E-state index in [0.717, 1.165) is 32.2 Å². The summed E-state index contributed by atoms with van der Waals surface area (Å²) in [6, 6.07) is 0. The number of hydrogen-bond donors (Lipinski definition) is 3. The second kappa shape index (κ2) is 6.02. The van der Waals surface area contributed by atoms with Crippen molar-refractivity contribution in [1.29, 1.82) is 0 Å². The molecule has 2 fully saturated rings. The lowest BCUT2D eigenvalue weighted by Gasteiger charge is -2.37. The predicted molar refractivity (Wildman–Crippen MR) is 71.2 cm³/mol. The molecule has 0 radical (unpaired) electrons. The maximum absolute atomic E-state index is 12.0. The van der Waals surface area contributed by atoms with Gasteiger partial charge in [0.25, 0.3) is 0 Å². The lowest BCUT2D eigenvalue weighted by molar-refractivity contribution is -0.123. The first kappa shape index (κ1) is 13.8. The average Bonchev–Trinajstić information content (AvgIpc) is 2.34. The van der Waals surface area contributed by atoms with Crippen LogP contribution in [0.1, 0.15) is 51.4 Å². The van der Waals surface area contributed by atoms with Crippen molar-refractivity contribution in [2.45, 2.75) is 63.0 Å².